The molecule has 2 saturated heterocycles. The summed E-state index contributed by atoms with van der Waals surface area (Å²) in [6, 6.07) is 6.08. The van der Waals surface area contributed by atoms with E-state index < -0.39 is 5.60 Å². The molecule has 4 rings (SSSR count). The smallest absolute Gasteiger partial charge is 0.136 e. The van der Waals surface area contributed by atoms with Crippen molar-refractivity contribution < 1.29 is 14.6 Å². The van der Waals surface area contributed by atoms with Crippen molar-refractivity contribution >= 4 is 11.4 Å². The third kappa shape index (κ3) is 2.91. The predicted molar refractivity (Wildman–Crippen MR) is 107 cm³/mol. The monoisotopic (exact) mass is 372 g/mol. The van der Waals surface area contributed by atoms with Gasteiger partial charge in [-0.3, -0.25) is 9.89 Å². The maximum atomic E-state index is 11.7. The highest BCUT2D eigenvalue weighted by atomic mass is 16.5. The van der Waals surface area contributed by atoms with Gasteiger partial charge >= 0.3 is 0 Å². The number of hydrogen-bond donors (Lipinski definition) is 1. The predicted octanol–water partition coefficient (Wildman–Crippen LogP) is 3.37. The fraction of sp³-hybridized carbons (Fsp3) is 0.682. The summed E-state index contributed by atoms with van der Waals surface area (Å²) in [4.78, 5) is 7.49. The van der Waals surface area contributed by atoms with Crippen LogP contribution in [0.5, 0.6) is 5.75 Å². The Bertz CT molecular complexity index is 734. The van der Waals surface area contributed by atoms with Gasteiger partial charge < -0.3 is 14.6 Å². The molecule has 1 N–H and O–H groups in total. The topological polar surface area (TPSA) is 54.3 Å². The molecule has 3 aliphatic heterocycles. The third-order valence-corrected chi connectivity index (χ3v) is 7.07. The van der Waals surface area contributed by atoms with Gasteiger partial charge in [0.1, 0.15) is 11.4 Å². The molecule has 27 heavy (non-hydrogen) atoms. The molecular weight excluding hydrogens is 340 g/mol. The van der Waals surface area contributed by atoms with Gasteiger partial charge in [-0.15, -0.1) is 0 Å². The van der Waals surface area contributed by atoms with Crippen LogP contribution in [0.2, 0.25) is 0 Å². The molecule has 0 aliphatic carbocycles. The van der Waals surface area contributed by atoms with Crippen LogP contribution in [0.15, 0.2) is 23.2 Å². The zero-order valence-electron chi connectivity index (χ0n) is 16.9. The van der Waals surface area contributed by atoms with Crippen molar-refractivity contribution in [2.45, 2.75) is 44.8 Å². The van der Waals surface area contributed by atoms with Crippen LogP contribution >= 0.6 is 0 Å². The van der Waals surface area contributed by atoms with Crippen molar-refractivity contribution in [1.29, 1.82) is 0 Å². The molecule has 2 fully saturated rings. The minimum absolute atomic E-state index is 0.202. The summed E-state index contributed by atoms with van der Waals surface area (Å²) in [5, 5.41) is 11.7. The Kier molecular flexibility index (Phi) is 5.04. The van der Waals surface area contributed by atoms with E-state index in [1.807, 2.05) is 18.2 Å². The Labute approximate surface area is 162 Å². The summed E-state index contributed by atoms with van der Waals surface area (Å²) in [6.07, 6.45) is 2.91. The molecule has 0 bridgehead atoms. The highest BCUT2D eigenvalue weighted by Gasteiger charge is 2.53. The normalized spacial score (nSPS) is 33.7. The standard InChI is InChI=1S/C22H32N2O3/c1-5-15-12-24-10-9-22(25)20-17(7-6-8-19(20)27-4)23-21(22)18(24)11-16(15)14(2)13-26-3/h6-8,14-16,18,25H,5,9-13H2,1-4H3/t14?,15-,16-,18+,22+/m1/s1. The average molecular weight is 373 g/mol. The van der Waals surface area contributed by atoms with Gasteiger partial charge in [-0.25, -0.2) is 0 Å². The van der Waals surface area contributed by atoms with Crippen molar-refractivity contribution in [3.63, 3.8) is 0 Å². The van der Waals surface area contributed by atoms with Crippen LogP contribution in [0, 0.1) is 17.8 Å². The second-order valence-electron chi connectivity index (χ2n) is 8.47. The average Bonchev–Trinajstić information content (AvgIpc) is 3.00. The van der Waals surface area contributed by atoms with Gasteiger partial charge in [0.2, 0.25) is 0 Å². The van der Waals surface area contributed by atoms with Crippen molar-refractivity contribution in [2.24, 2.45) is 22.7 Å². The highest BCUT2D eigenvalue weighted by molar-refractivity contribution is 6.05. The number of aliphatic imine (C=N–C) groups is 1. The van der Waals surface area contributed by atoms with Gasteiger partial charge in [-0.1, -0.05) is 26.3 Å². The molecule has 3 heterocycles. The molecule has 0 amide bonds. The van der Waals surface area contributed by atoms with Gasteiger partial charge in [0.05, 0.1) is 30.1 Å². The highest BCUT2D eigenvalue weighted by Crippen LogP contribution is 2.51. The molecule has 5 heteroatoms. The van der Waals surface area contributed by atoms with Crippen LogP contribution < -0.4 is 4.74 Å². The van der Waals surface area contributed by atoms with Crippen LogP contribution in [0.1, 0.15) is 38.7 Å². The lowest BCUT2D eigenvalue weighted by molar-refractivity contribution is -0.00794. The molecule has 148 valence electrons. The Morgan fingerprint density at radius 2 is 2.19 bits per heavy atom. The van der Waals surface area contributed by atoms with Gasteiger partial charge in [-0.2, -0.15) is 0 Å². The first-order valence-corrected chi connectivity index (χ1v) is 10.2. The molecule has 0 radical (unpaired) electrons. The number of ether oxygens (including phenoxy) is 2. The number of nitrogens with zero attached hydrogens (tertiary/aromatic N) is 2. The summed E-state index contributed by atoms with van der Waals surface area (Å²) >= 11 is 0. The van der Waals surface area contributed by atoms with E-state index in [2.05, 4.69) is 18.7 Å². The van der Waals surface area contributed by atoms with E-state index in [-0.39, 0.29) is 6.04 Å². The van der Waals surface area contributed by atoms with Crippen LogP contribution in [-0.4, -0.2) is 55.7 Å². The first-order chi connectivity index (χ1) is 13.0. The first-order valence-electron chi connectivity index (χ1n) is 10.2. The zero-order valence-corrected chi connectivity index (χ0v) is 16.9. The zero-order chi connectivity index (χ0) is 19.2. The Hall–Kier alpha value is -1.43. The molecule has 0 aromatic heterocycles. The maximum absolute atomic E-state index is 11.7. The van der Waals surface area contributed by atoms with Crippen LogP contribution in [0.3, 0.4) is 0 Å². The quantitative estimate of drug-likeness (QED) is 0.861. The van der Waals surface area contributed by atoms with Gasteiger partial charge in [-0.05, 0) is 42.7 Å². The molecule has 3 aliphatic rings. The van der Waals surface area contributed by atoms with Crippen LogP contribution in [0.25, 0.3) is 0 Å². The third-order valence-electron chi connectivity index (χ3n) is 7.07. The second kappa shape index (κ2) is 7.19. The van der Waals surface area contributed by atoms with E-state index in [1.54, 1.807) is 14.2 Å². The number of aliphatic hydroxyl groups is 1. The number of hydrogen-bond acceptors (Lipinski definition) is 5. The molecule has 0 saturated carbocycles. The molecule has 5 atom stereocenters. The lowest BCUT2D eigenvalue weighted by Crippen LogP contribution is -2.61. The number of rotatable bonds is 5. The van der Waals surface area contributed by atoms with Crippen molar-refractivity contribution in [3.05, 3.63) is 23.8 Å². The van der Waals surface area contributed by atoms with Crippen molar-refractivity contribution in [2.75, 3.05) is 33.9 Å². The summed E-state index contributed by atoms with van der Waals surface area (Å²) < 4.78 is 11.0. The largest absolute Gasteiger partial charge is 0.496 e. The Morgan fingerprint density at radius 1 is 1.37 bits per heavy atom. The fourth-order valence-electron chi connectivity index (χ4n) is 5.67. The van der Waals surface area contributed by atoms with E-state index >= 15 is 0 Å². The molecule has 1 unspecified atom stereocenters. The lowest BCUT2D eigenvalue weighted by atomic mass is 9.69. The number of fused-ring (bicyclic) bond motifs is 5. The van der Waals surface area contributed by atoms with E-state index in [9.17, 15) is 5.11 Å². The minimum Gasteiger partial charge on any atom is -0.496 e. The minimum atomic E-state index is -0.989. The second-order valence-corrected chi connectivity index (χ2v) is 8.47. The Balaban J connectivity index is 1.68. The summed E-state index contributed by atoms with van der Waals surface area (Å²) in [6.45, 7) is 7.38. The van der Waals surface area contributed by atoms with E-state index in [4.69, 9.17) is 14.5 Å². The molecule has 0 spiro atoms. The van der Waals surface area contributed by atoms with E-state index in [0.717, 1.165) is 48.8 Å². The number of piperidine rings is 2. The van der Waals surface area contributed by atoms with Crippen LogP contribution in [0.4, 0.5) is 5.69 Å². The number of benzene rings is 1. The van der Waals surface area contributed by atoms with Gasteiger partial charge in [0.25, 0.3) is 0 Å². The first kappa shape index (κ1) is 18.9. The van der Waals surface area contributed by atoms with Crippen LogP contribution in [-0.2, 0) is 10.3 Å². The Morgan fingerprint density at radius 3 is 2.89 bits per heavy atom. The summed E-state index contributed by atoms with van der Waals surface area (Å²) in [5.74, 6) is 2.52. The van der Waals surface area contributed by atoms with Gasteiger partial charge in [0.15, 0.2) is 0 Å². The fourth-order valence-corrected chi connectivity index (χ4v) is 5.67. The van der Waals surface area contributed by atoms with Gasteiger partial charge in [0, 0.05) is 26.8 Å². The molecular formula is C22H32N2O3. The van der Waals surface area contributed by atoms with E-state index in [0.29, 0.717) is 24.2 Å². The van der Waals surface area contributed by atoms with Crippen molar-refractivity contribution in [1.82, 2.24) is 4.90 Å². The van der Waals surface area contributed by atoms with E-state index in [1.165, 1.54) is 6.42 Å². The lowest BCUT2D eigenvalue weighted by Gasteiger charge is -2.51. The SMILES string of the molecule is CC[C@@H]1CN2CC[C@@]3(O)C(=Nc4cccc(OC)c43)[C@@H]2C[C@@H]1C(C)COC. The van der Waals surface area contributed by atoms with Crippen molar-refractivity contribution in [3.8, 4) is 5.75 Å². The molecule has 1 aromatic carbocycles. The summed E-state index contributed by atoms with van der Waals surface area (Å²) in [7, 11) is 3.46. The molecule has 5 nitrogen and oxygen atoms in total. The number of methoxy groups -OCH3 is 2. The molecule has 1 aromatic rings. The maximum Gasteiger partial charge on any atom is 0.136 e. The summed E-state index contributed by atoms with van der Waals surface area (Å²) in [5.41, 5.74) is 1.67.